The SMILES string of the molecule is CCC(CC(=O)NCc1ccc(F)c(Cl)c1)c1ccccc1. The highest BCUT2D eigenvalue weighted by atomic mass is 35.5. The van der Waals surface area contributed by atoms with Gasteiger partial charge in [0.25, 0.3) is 0 Å². The van der Waals surface area contributed by atoms with Gasteiger partial charge in [0, 0.05) is 13.0 Å². The molecule has 0 saturated heterocycles. The van der Waals surface area contributed by atoms with Crippen LogP contribution in [0.15, 0.2) is 48.5 Å². The van der Waals surface area contributed by atoms with Crippen molar-refractivity contribution in [2.45, 2.75) is 32.2 Å². The Morgan fingerprint density at radius 3 is 2.59 bits per heavy atom. The zero-order chi connectivity index (χ0) is 15.9. The topological polar surface area (TPSA) is 29.1 Å². The highest BCUT2D eigenvalue weighted by Gasteiger charge is 2.14. The number of hydrogen-bond donors (Lipinski definition) is 1. The van der Waals surface area contributed by atoms with Crippen LogP contribution in [0.25, 0.3) is 0 Å². The Balaban J connectivity index is 1.90. The molecular weight excluding hydrogens is 301 g/mol. The van der Waals surface area contributed by atoms with Gasteiger partial charge in [-0.1, -0.05) is 54.9 Å². The molecule has 2 nitrogen and oxygen atoms in total. The summed E-state index contributed by atoms with van der Waals surface area (Å²) in [6, 6.07) is 14.5. The van der Waals surface area contributed by atoms with Crippen molar-refractivity contribution in [3.8, 4) is 0 Å². The second kappa shape index (κ2) is 7.95. The fourth-order valence-electron chi connectivity index (χ4n) is 2.37. The molecule has 0 saturated carbocycles. The molecule has 2 aromatic rings. The summed E-state index contributed by atoms with van der Waals surface area (Å²) in [4.78, 5) is 12.1. The van der Waals surface area contributed by atoms with Crippen molar-refractivity contribution in [1.82, 2.24) is 5.32 Å². The van der Waals surface area contributed by atoms with Crippen molar-refractivity contribution in [1.29, 1.82) is 0 Å². The van der Waals surface area contributed by atoms with Crippen LogP contribution in [0.1, 0.15) is 36.8 Å². The first kappa shape index (κ1) is 16.5. The van der Waals surface area contributed by atoms with Gasteiger partial charge in [-0.2, -0.15) is 0 Å². The molecule has 1 amide bonds. The maximum absolute atomic E-state index is 13.1. The van der Waals surface area contributed by atoms with Gasteiger partial charge in [0.1, 0.15) is 5.82 Å². The minimum absolute atomic E-state index is 0.0175. The molecule has 4 heteroatoms. The first-order valence-corrected chi connectivity index (χ1v) is 7.73. The molecule has 1 unspecified atom stereocenters. The summed E-state index contributed by atoms with van der Waals surface area (Å²) >= 11 is 5.73. The van der Waals surface area contributed by atoms with Crippen LogP contribution >= 0.6 is 11.6 Å². The van der Waals surface area contributed by atoms with E-state index in [1.807, 2.05) is 30.3 Å². The molecule has 2 rings (SSSR count). The third-order valence-electron chi connectivity index (χ3n) is 3.67. The van der Waals surface area contributed by atoms with Crippen LogP contribution in [0.5, 0.6) is 0 Å². The molecule has 0 bridgehead atoms. The monoisotopic (exact) mass is 319 g/mol. The molecule has 2 aromatic carbocycles. The Bertz CT molecular complexity index is 630. The molecule has 0 radical (unpaired) electrons. The molecule has 0 aliphatic carbocycles. The maximum Gasteiger partial charge on any atom is 0.220 e. The fraction of sp³-hybridized carbons (Fsp3) is 0.278. The van der Waals surface area contributed by atoms with Gasteiger partial charge in [0.15, 0.2) is 0 Å². The summed E-state index contributed by atoms with van der Waals surface area (Å²) in [6.45, 7) is 2.43. The van der Waals surface area contributed by atoms with Gasteiger partial charge in [-0.05, 0) is 35.6 Å². The van der Waals surface area contributed by atoms with Gasteiger partial charge in [0.05, 0.1) is 5.02 Å². The Hall–Kier alpha value is -1.87. The van der Waals surface area contributed by atoms with E-state index in [9.17, 15) is 9.18 Å². The average Bonchev–Trinajstić information content (AvgIpc) is 2.54. The van der Waals surface area contributed by atoms with E-state index in [0.717, 1.165) is 12.0 Å². The zero-order valence-corrected chi connectivity index (χ0v) is 13.2. The van der Waals surface area contributed by atoms with E-state index < -0.39 is 5.82 Å². The summed E-state index contributed by atoms with van der Waals surface area (Å²) in [7, 11) is 0. The van der Waals surface area contributed by atoms with Gasteiger partial charge in [-0.15, -0.1) is 0 Å². The van der Waals surface area contributed by atoms with Crippen molar-refractivity contribution in [3.05, 3.63) is 70.5 Å². The van der Waals surface area contributed by atoms with E-state index in [1.165, 1.54) is 17.7 Å². The first-order valence-electron chi connectivity index (χ1n) is 7.35. The predicted molar refractivity (Wildman–Crippen MR) is 87.3 cm³/mol. The molecule has 0 heterocycles. The molecule has 0 fully saturated rings. The lowest BCUT2D eigenvalue weighted by Crippen LogP contribution is -2.24. The number of benzene rings is 2. The largest absolute Gasteiger partial charge is 0.352 e. The van der Waals surface area contributed by atoms with Crippen LogP contribution in [-0.2, 0) is 11.3 Å². The fourth-order valence-corrected chi connectivity index (χ4v) is 2.57. The van der Waals surface area contributed by atoms with Gasteiger partial charge < -0.3 is 5.32 Å². The molecule has 1 N–H and O–H groups in total. The lowest BCUT2D eigenvalue weighted by Gasteiger charge is -2.15. The number of halogens is 2. The summed E-state index contributed by atoms with van der Waals surface area (Å²) in [5.41, 5.74) is 1.96. The first-order chi connectivity index (χ1) is 10.6. The normalized spacial score (nSPS) is 12.0. The highest BCUT2D eigenvalue weighted by molar-refractivity contribution is 6.30. The highest BCUT2D eigenvalue weighted by Crippen LogP contribution is 2.23. The number of hydrogen-bond acceptors (Lipinski definition) is 1. The summed E-state index contributed by atoms with van der Waals surface area (Å²) < 4.78 is 13.1. The summed E-state index contributed by atoms with van der Waals surface area (Å²) in [6.07, 6.45) is 1.34. The zero-order valence-electron chi connectivity index (χ0n) is 12.5. The summed E-state index contributed by atoms with van der Waals surface area (Å²) in [5.74, 6) is -0.263. The maximum atomic E-state index is 13.1. The minimum atomic E-state index is -0.452. The molecule has 0 aromatic heterocycles. The van der Waals surface area contributed by atoms with Crippen molar-refractivity contribution >= 4 is 17.5 Å². The van der Waals surface area contributed by atoms with Gasteiger partial charge in [-0.25, -0.2) is 4.39 Å². The number of carbonyl (C=O) groups excluding carboxylic acids is 1. The van der Waals surface area contributed by atoms with Crippen LogP contribution in [0, 0.1) is 5.82 Å². The van der Waals surface area contributed by atoms with Crippen molar-refractivity contribution < 1.29 is 9.18 Å². The third-order valence-corrected chi connectivity index (χ3v) is 3.96. The lowest BCUT2D eigenvalue weighted by molar-refractivity contribution is -0.121. The van der Waals surface area contributed by atoms with Crippen LogP contribution < -0.4 is 5.32 Å². The molecule has 22 heavy (non-hydrogen) atoms. The molecule has 1 atom stereocenters. The number of amides is 1. The molecule has 0 aliphatic heterocycles. The molecule has 0 spiro atoms. The smallest absolute Gasteiger partial charge is 0.220 e. The van der Waals surface area contributed by atoms with Gasteiger partial charge in [-0.3, -0.25) is 4.79 Å². The summed E-state index contributed by atoms with van der Waals surface area (Å²) in [5, 5.41) is 2.93. The Labute approximate surface area is 135 Å². The number of carbonyl (C=O) groups is 1. The number of nitrogens with one attached hydrogen (secondary N) is 1. The standard InChI is InChI=1S/C18H19ClFNO/c1-2-14(15-6-4-3-5-7-15)11-18(22)21-12-13-8-9-17(20)16(19)10-13/h3-10,14H,2,11-12H2,1H3,(H,21,22). The average molecular weight is 320 g/mol. The Morgan fingerprint density at radius 2 is 1.95 bits per heavy atom. The van der Waals surface area contributed by atoms with E-state index in [0.29, 0.717) is 13.0 Å². The van der Waals surface area contributed by atoms with Crippen LogP contribution in [0.2, 0.25) is 5.02 Å². The Kier molecular flexibility index (Phi) is 5.96. The second-order valence-electron chi connectivity index (χ2n) is 5.25. The second-order valence-corrected chi connectivity index (χ2v) is 5.65. The van der Waals surface area contributed by atoms with Crippen LogP contribution in [-0.4, -0.2) is 5.91 Å². The van der Waals surface area contributed by atoms with Crippen LogP contribution in [0.4, 0.5) is 4.39 Å². The van der Waals surface area contributed by atoms with E-state index in [2.05, 4.69) is 12.2 Å². The van der Waals surface area contributed by atoms with Crippen molar-refractivity contribution in [3.63, 3.8) is 0 Å². The number of rotatable bonds is 6. The van der Waals surface area contributed by atoms with Gasteiger partial charge >= 0.3 is 0 Å². The van der Waals surface area contributed by atoms with Crippen LogP contribution in [0.3, 0.4) is 0 Å². The Morgan fingerprint density at radius 1 is 1.23 bits per heavy atom. The third kappa shape index (κ3) is 4.57. The van der Waals surface area contributed by atoms with E-state index in [-0.39, 0.29) is 16.8 Å². The lowest BCUT2D eigenvalue weighted by atomic mass is 9.93. The van der Waals surface area contributed by atoms with E-state index in [4.69, 9.17) is 11.6 Å². The van der Waals surface area contributed by atoms with E-state index in [1.54, 1.807) is 6.07 Å². The molecule has 0 aliphatic rings. The van der Waals surface area contributed by atoms with Crippen molar-refractivity contribution in [2.24, 2.45) is 0 Å². The molecule has 116 valence electrons. The molecular formula is C18H19ClFNO. The van der Waals surface area contributed by atoms with Gasteiger partial charge in [0.2, 0.25) is 5.91 Å². The van der Waals surface area contributed by atoms with Crippen molar-refractivity contribution in [2.75, 3.05) is 0 Å². The van der Waals surface area contributed by atoms with E-state index >= 15 is 0 Å². The quantitative estimate of drug-likeness (QED) is 0.823. The predicted octanol–water partition coefficient (Wildman–Crippen LogP) is 4.68. The minimum Gasteiger partial charge on any atom is -0.352 e.